The van der Waals surface area contributed by atoms with Crippen LogP contribution in [-0.2, 0) is 19.1 Å². The van der Waals surface area contributed by atoms with E-state index in [0.29, 0.717) is 0 Å². The van der Waals surface area contributed by atoms with Crippen LogP contribution in [0.4, 0.5) is 4.79 Å². The first-order chi connectivity index (χ1) is 11.2. The first kappa shape index (κ1) is 21.7. The fourth-order valence-corrected chi connectivity index (χ4v) is 1.68. The number of hydrogen-bond donors (Lipinski definition) is 4. The zero-order valence-electron chi connectivity index (χ0n) is 14.5. The molecular formula is C15H27N3O6. The van der Waals surface area contributed by atoms with E-state index in [0.717, 1.165) is 12.8 Å². The maximum absolute atomic E-state index is 12.1. The molecule has 2 atom stereocenters. The fraction of sp³-hybridized carbons (Fsp3) is 0.733. The highest BCUT2D eigenvalue weighted by Gasteiger charge is 2.27. The number of unbranched alkanes of at least 4 members (excludes halogenated alkanes) is 1. The maximum atomic E-state index is 12.1. The molecule has 0 fully saturated rings. The SMILES string of the molecule is CCCCOC(=O)N[C@@H](C)C(=O)N[C@H](C(=O)NCC(=O)O)C(C)C. The zero-order chi connectivity index (χ0) is 18.7. The van der Waals surface area contributed by atoms with Gasteiger partial charge in [-0.15, -0.1) is 0 Å². The molecule has 0 aromatic rings. The number of carbonyl (C=O) groups is 4. The number of hydrogen-bond acceptors (Lipinski definition) is 5. The van der Waals surface area contributed by atoms with Crippen molar-refractivity contribution in [3.8, 4) is 0 Å². The van der Waals surface area contributed by atoms with Crippen molar-refractivity contribution in [1.82, 2.24) is 16.0 Å². The predicted octanol–water partition coefficient (Wildman–Crippen LogP) is 0.243. The Morgan fingerprint density at radius 2 is 1.67 bits per heavy atom. The highest BCUT2D eigenvalue weighted by atomic mass is 16.5. The average Bonchev–Trinajstić information content (AvgIpc) is 2.49. The first-order valence-electron chi connectivity index (χ1n) is 7.92. The lowest BCUT2D eigenvalue weighted by Crippen LogP contribution is -2.55. The summed E-state index contributed by atoms with van der Waals surface area (Å²) in [5.41, 5.74) is 0. The van der Waals surface area contributed by atoms with Gasteiger partial charge in [-0.2, -0.15) is 0 Å². The topological polar surface area (TPSA) is 134 Å². The van der Waals surface area contributed by atoms with E-state index in [9.17, 15) is 19.2 Å². The van der Waals surface area contributed by atoms with E-state index in [-0.39, 0.29) is 12.5 Å². The van der Waals surface area contributed by atoms with Gasteiger partial charge < -0.3 is 25.8 Å². The van der Waals surface area contributed by atoms with Crippen LogP contribution in [0.25, 0.3) is 0 Å². The molecule has 0 saturated heterocycles. The molecule has 24 heavy (non-hydrogen) atoms. The lowest BCUT2D eigenvalue weighted by Gasteiger charge is -2.23. The molecule has 138 valence electrons. The van der Waals surface area contributed by atoms with Gasteiger partial charge in [-0.3, -0.25) is 14.4 Å². The van der Waals surface area contributed by atoms with Gasteiger partial charge in [0.05, 0.1) is 6.61 Å². The van der Waals surface area contributed by atoms with E-state index in [1.165, 1.54) is 6.92 Å². The van der Waals surface area contributed by atoms with Gasteiger partial charge >= 0.3 is 12.1 Å². The van der Waals surface area contributed by atoms with Crippen molar-refractivity contribution in [1.29, 1.82) is 0 Å². The number of rotatable bonds is 10. The van der Waals surface area contributed by atoms with E-state index < -0.39 is 42.5 Å². The van der Waals surface area contributed by atoms with Crippen molar-refractivity contribution in [3.63, 3.8) is 0 Å². The van der Waals surface area contributed by atoms with Crippen LogP contribution in [0.15, 0.2) is 0 Å². The van der Waals surface area contributed by atoms with Crippen LogP contribution < -0.4 is 16.0 Å². The van der Waals surface area contributed by atoms with Crippen molar-refractivity contribution in [3.05, 3.63) is 0 Å². The van der Waals surface area contributed by atoms with Crippen LogP contribution in [0, 0.1) is 5.92 Å². The number of carbonyl (C=O) groups excluding carboxylic acids is 3. The minimum Gasteiger partial charge on any atom is -0.480 e. The number of carboxylic acid groups (broad SMARTS) is 1. The normalized spacial score (nSPS) is 12.9. The third-order valence-corrected chi connectivity index (χ3v) is 3.12. The molecule has 9 heteroatoms. The number of aliphatic carboxylic acids is 1. The lowest BCUT2D eigenvalue weighted by molar-refractivity contribution is -0.138. The van der Waals surface area contributed by atoms with Crippen molar-refractivity contribution in [2.75, 3.05) is 13.2 Å². The molecule has 0 heterocycles. The summed E-state index contributed by atoms with van der Waals surface area (Å²) in [4.78, 5) is 46.0. The van der Waals surface area contributed by atoms with Gasteiger partial charge in [-0.25, -0.2) is 4.79 Å². The second-order valence-electron chi connectivity index (χ2n) is 5.70. The molecule has 0 aliphatic rings. The Hall–Kier alpha value is -2.32. The Labute approximate surface area is 141 Å². The summed E-state index contributed by atoms with van der Waals surface area (Å²) in [6.45, 7) is 6.57. The molecular weight excluding hydrogens is 318 g/mol. The number of carboxylic acids is 1. The van der Waals surface area contributed by atoms with Crippen molar-refractivity contribution >= 4 is 23.9 Å². The van der Waals surface area contributed by atoms with Crippen molar-refractivity contribution in [2.45, 2.75) is 52.6 Å². The van der Waals surface area contributed by atoms with Crippen LogP contribution in [0.3, 0.4) is 0 Å². The third-order valence-electron chi connectivity index (χ3n) is 3.12. The molecule has 0 rings (SSSR count). The minimum atomic E-state index is -1.18. The predicted molar refractivity (Wildman–Crippen MR) is 86.3 cm³/mol. The molecule has 0 aromatic heterocycles. The van der Waals surface area contributed by atoms with Gasteiger partial charge in [0, 0.05) is 0 Å². The summed E-state index contributed by atoms with van der Waals surface area (Å²) in [6, 6.07) is -1.80. The molecule has 0 aliphatic heterocycles. The summed E-state index contributed by atoms with van der Waals surface area (Å²) in [5.74, 6) is -2.60. The molecule has 0 unspecified atom stereocenters. The molecule has 0 radical (unpaired) electrons. The second kappa shape index (κ2) is 11.3. The largest absolute Gasteiger partial charge is 0.480 e. The standard InChI is InChI=1S/C15H27N3O6/c1-5-6-7-24-15(23)17-10(4)13(21)18-12(9(2)3)14(22)16-8-11(19)20/h9-10,12H,5-8H2,1-4H3,(H,16,22)(H,17,23)(H,18,21)(H,19,20)/t10-,12-/m0/s1. The Morgan fingerprint density at radius 1 is 1.04 bits per heavy atom. The van der Waals surface area contributed by atoms with Crippen molar-refractivity contribution in [2.24, 2.45) is 5.92 Å². The van der Waals surface area contributed by atoms with Crippen molar-refractivity contribution < 1.29 is 29.0 Å². The molecule has 3 amide bonds. The Kier molecular flexibility index (Phi) is 10.2. The molecule has 4 N–H and O–H groups in total. The molecule has 0 aromatic carbocycles. The van der Waals surface area contributed by atoms with Gasteiger partial charge in [0.25, 0.3) is 0 Å². The van der Waals surface area contributed by atoms with Gasteiger partial charge in [-0.05, 0) is 19.3 Å². The molecule has 9 nitrogen and oxygen atoms in total. The van der Waals surface area contributed by atoms with Gasteiger partial charge in [0.15, 0.2) is 0 Å². The zero-order valence-corrected chi connectivity index (χ0v) is 14.5. The van der Waals surface area contributed by atoms with Crippen LogP contribution in [-0.4, -0.2) is 54.2 Å². The molecule has 0 saturated carbocycles. The van der Waals surface area contributed by atoms with Crippen LogP contribution >= 0.6 is 0 Å². The third kappa shape index (κ3) is 8.96. The number of amides is 3. The van der Waals surface area contributed by atoms with Crippen LogP contribution in [0.2, 0.25) is 0 Å². The Bertz CT molecular complexity index is 452. The van der Waals surface area contributed by atoms with Crippen LogP contribution in [0.5, 0.6) is 0 Å². The fourth-order valence-electron chi connectivity index (χ4n) is 1.68. The van der Waals surface area contributed by atoms with E-state index >= 15 is 0 Å². The summed E-state index contributed by atoms with van der Waals surface area (Å²) in [6.07, 6.45) is 0.903. The number of ether oxygens (including phenoxy) is 1. The summed E-state index contributed by atoms with van der Waals surface area (Å²) >= 11 is 0. The maximum Gasteiger partial charge on any atom is 0.407 e. The Morgan fingerprint density at radius 3 is 2.17 bits per heavy atom. The van der Waals surface area contributed by atoms with Gasteiger partial charge in [0.1, 0.15) is 18.6 Å². The smallest absolute Gasteiger partial charge is 0.407 e. The quantitative estimate of drug-likeness (QED) is 0.419. The van der Waals surface area contributed by atoms with E-state index in [1.807, 2.05) is 6.92 Å². The van der Waals surface area contributed by atoms with Gasteiger partial charge in [0.2, 0.25) is 11.8 Å². The lowest BCUT2D eigenvalue weighted by atomic mass is 10.0. The summed E-state index contributed by atoms with van der Waals surface area (Å²) < 4.78 is 4.89. The monoisotopic (exact) mass is 345 g/mol. The Balaban J connectivity index is 4.51. The number of alkyl carbamates (subject to hydrolysis) is 1. The van der Waals surface area contributed by atoms with Gasteiger partial charge in [-0.1, -0.05) is 27.2 Å². The highest BCUT2D eigenvalue weighted by molar-refractivity contribution is 5.92. The average molecular weight is 345 g/mol. The van der Waals surface area contributed by atoms with E-state index in [1.54, 1.807) is 13.8 Å². The number of nitrogens with one attached hydrogen (secondary N) is 3. The highest BCUT2D eigenvalue weighted by Crippen LogP contribution is 2.02. The van der Waals surface area contributed by atoms with E-state index in [2.05, 4.69) is 16.0 Å². The molecule has 0 spiro atoms. The molecule has 0 bridgehead atoms. The first-order valence-corrected chi connectivity index (χ1v) is 7.92. The minimum absolute atomic E-state index is 0.258. The summed E-state index contributed by atoms with van der Waals surface area (Å²) in [7, 11) is 0. The summed E-state index contributed by atoms with van der Waals surface area (Å²) in [5, 5.41) is 15.7. The van der Waals surface area contributed by atoms with E-state index in [4.69, 9.17) is 9.84 Å². The molecule has 0 aliphatic carbocycles. The van der Waals surface area contributed by atoms with Crippen LogP contribution in [0.1, 0.15) is 40.5 Å². The second-order valence-corrected chi connectivity index (χ2v) is 5.70.